The largest absolute Gasteiger partial charge is 0.368 e. The van der Waals surface area contributed by atoms with Crippen LogP contribution in [0, 0.1) is 6.92 Å². The van der Waals surface area contributed by atoms with Crippen molar-refractivity contribution in [3.8, 4) is 0 Å². The number of hydrogen-bond acceptors (Lipinski definition) is 4. The summed E-state index contributed by atoms with van der Waals surface area (Å²) in [6.45, 7) is 2.74. The van der Waals surface area contributed by atoms with Gasteiger partial charge in [0.2, 0.25) is 0 Å². The second kappa shape index (κ2) is 5.67. The molecule has 2 heterocycles. The molecule has 0 aromatic carbocycles. The number of nitrogens with zero attached hydrogens (tertiary/aromatic N) is 2. The van der Waals surface area contributed by atoms with Crippen molar-refractivity contribution < 1.29 is 0 Å². The molecule has 3 nitrogen and oxygen atoms in total. The predicted molar refractivity (Wildman–Crippen MR) is 73.3 cm³/mol. The van der Waals surface area contributed by atoms with Gasteiger partial charge >= 0.3 is 0 Å². The van der Waals surface area contributed by atoms with E-state index in [0.717, 1.165) is 23.7 Å². The first-order valence-corrected chi connectivity index (χ1v) is 6.74. The van der Waals surface area contributed by atoms with Gasteiger partial charge in [-0.15, -0.1) is 11.3 Å². The van der Waals surface area contributed by atoms with Crippen LogP contribution >= 0.6 is 34.5 Å². The highest BCUT2D eigenvalue weighted by molar-refractivity contribution is 7.09. The minimum atomic E-state index is 0.535. The van der Waals surface area contributed by atoms with Crippen LogP contribution in [0.4, 0.5) is 5.82 Å². The number of thiazole rings is 1. The summed E-state index contributed by atoms with van der Waals surface area (Å²) in [6.07, 6.45) is 2.43. The maximum Gasteiger partial charge on any atom is 0.144 e. The van der Waals surface area contributed by atoms with E-state index in [4.69, 9.17) is 23.2 Å². The van der Waals surface area contributed by atoms with Crippen LogP contribution in [0.1, 0.15) is 10.7 Å². The standard InChI is InChI=1S/C11H11Cl2N3S/c1-7-6-17-10(16-7)2-3-14-11-9(13)4-8(12)5-15-11/h4-6H,2-3H2,1H3,(H,14,15). The number of rotatable bonds is 4. The number of hydrogen-bond donors (Lipinski definition) is 1. The maximum atomic E-state index is 5.99. The van der Waals surface area contributed by atoms with Gasteiger partial charge in [0.15, 0.2) is 0 Å². The van der Waals surface area contributed by atoms with E-state index in [9.17, 15) is 0 Å². The van der Waals surface area contributed by atoms with Crippen molar-refractivity contribution >= 4 is 40.4 Å². The molecule has 0 fully saturated rings. The summed E-state index contributed by atoms with van der Waals surface area (Å²) >= 11 is 13.4. The van der Waals surface area contributed by atoms with E-state index < -0.39 is 0 Å². The van der Waals surface area contributed by atoms with Crippen molar-refractivity contribution in [2.45, 2.75) is 13.3 Å². The Balaban J connectivity index is 1.90. The Bertz CT molecular complexity index is 513. The zero-order valence-electron chi connectivity index (χ0n) is 9.20. The molecule has 0 aliphatic carbocycles. The minimum absolute atomic E-state index is 0.535. The van der Waals surface area contributed by atoms with Crippen LogP contribution in [0.5, 0.6) is 0 Å². The summed E-state index contributed by atoms with van der Waals surface area (Å²) in [6, 6.07) is 1.67. The number of pyridine rings is 1. The molecule has 0 aliphatic heterocycles. The molecule has 0 atom stereocenters. The van der Waals surface area contributed by atoms with E-state index in [1.807, 2.05) is 12.3 Å². The molecule has 0 aliphatic rings. The monoisotopic (exact) mass is 287 g/mol. The summed E-state index contributed by atoms with van der Waals surface area (Å²) in [5.41, 5.74) is 1.06. The van der Waals surface area contributed by atoms with E-state index in [1.54, 1.807) is 23.6 Å². The van der Waals surface area contributed by atoms with Crippen molar-refractivity contribution in [3.05, 3.63) is 38.4 Å². The Morgan fingerprint density at radius 1 is 1.41 bits per heavy atom. The van der Waals surface area contributed by atoms with Gasteiger partial charge < -0.3 is 5.32 Å². The Kier molecular flexibility index (Phi) is 4.20. The van der Waals surface area contributed by atoms with Crippen molar-refractivity contribution in [1.29, 1.82) is 0 Å². The zero-order valence-corrected chi connectivity index (χ0v) is 11.5. The van der Waals surface area contributed by atoms with E-state index in [0.29, 0.717) is 15.9 Å². The molecule has 0 unspecified atom stereocenters. The number of halogens is 2. The van der Waals surface area contributed by atoms with Crippen molar-refractivity contribution in [2.24, 2.45) is 0 Å². The lowest BCUT2D eigenvalue weighted by molar-refractivity contribution is 0.978. The molecule has 0 amide bonds. The molecular weight excluding hydrogens is 277 g/mol. The fraction of sp³-hybridized carbons (Fsp3) is 0.273. The number of aromatic nitrogens is 2. The molecule has 17 heavy (non-hydrogen) atoms. The van der Waals surface area contributed by atoms with E-state index in [2.05, 4.69) is 15.3 Å². The summed E-state index contributed by atoms with van der Waals surface area (Å²) in [5.74, 6) is 0.657. The predicted octanol–water partition coefficient (Wildman–Crippen LogP) is 3.81. The van der Waals surface area contributed by atoms with Crippen molar-refractivity contribution in [1.82, 2.24) is 9.97 Å². The average molecular weight is 288 g/mol. The molecule has 2 rings (SSSR count). The topological polar surface area (TPSA) is 37.8 Å². The first kappa shape index (κ1) is 12.6. The highest BCUT2D eigenvalue weighted by Gasteiger charge is 2.03. The van der Waals surface area contributed by atoms with Crippen LogP contribution in [0.3, 0.4) is 0 Å². The summed E-state index contributed by atoms with van der Waals surface area (Å²) in [4.78, 5) is 8.50. The average Bonchev–Trinajstić information content (AvgIpc) is 2.68. The third-order valence-electron chi connectivity index (χ3n) is 2.11. The summed E-state index contributed by atoms with van der Waals surface area (Å²) in [5, 5.41) is 7.39. The smallest absolute Gasteiger partial charge is 0.144 e. The molecule has 6 heteroatoms. The summed E-state index contributed by atoms with van der Waals surface area (Å²) in [7, 11) is 0. The molecule has 90 valence electrons. The number of anilines is 1. The number of aryl methyl sites for hydroxylation is 1. The lowest BCUT2D eigenvalue weighted by Crippen LogP contribution is -2.06. The van der Waals surface area contributed by atoms with E-state index in [-0.39, 0.29) is 0 Å². The SMILES string of the molecule is Cc1csc(CCNc2ncc(Cl)cc2Cl)n1. The number of nitrogens with one attached hydrogen (secondary N) is 1. The Labute approximate surface area is 114 Å². The second-order valence-corrected chi connectivity index (χ2v) is 5.33. The van der Waals surface area contributed by atoms with Crippen molar-refractivity contribution in [3.63, 3.8) is 0 Å². The van der Waals surface area contributed by atoms with Crippen LogP contribution < -0.4 is 5.32 Å². The maximum absolute atomic E-state index is 5.99. The van der Waals surface area contributed by atoms with Gasteiger partial charge in [-0.1, -0.05) is 23.2 Å². The molecule has 0 radical (unpaired) electrons. The van der Waals surface area contributed by atoms with Crippen LogP contribution in [0.25, 0.3) is 0 Å². The molecule has 1 N–H and O–H groups in total. The first-order valence-electron chi connectivity index (χ1n) is 5.11. The highest BCUT2D eigenvalue weighted by atomic mass is 35.5. The van der Waals surface area contributed by atoms with Gasteiger partial charge in [0, 0.05) is 30.2 Å². The Morgan fingerprint density at radius 3 is 2.88 bits per heavy atom. The quantitative estimate of drug-likeness (QED) is 0.929. The molecule has 2 aromatic rings. The van der Waals surface area contributed by atoms with E-state index >= 15 is 0 Å². The fourth-order valence-corrected chi connectivity index (χ4v) is 2.57. The van der Waals surface area contributed by atoms with Gasteiger partial charge in [-0.25, -0.2) is 9.97 Å². The third kappa shape index (κ3) is 3.56. The van der Waals surface area contributed by atoms with Gasteiger partial charge in [0.25, 0.3) is 0 Å². The molecular formula is C11H11Cl2N3S. The van der Waals surface area contributed by atoms with Gasteiger partial charge in [-0.3, -0.25) is 0 Å². The Morgan fingerprint density at radius 2 is 2.24 bits per heavy atom. The van der Waals surface area contributed by atoms with Gasteiger partial charge in [0.1, 0.15) is 5.82 Å². The minimum Gasteiger partial charge on any atom is -0.368 e. The van der Waals surface area contributed by atoms with Crippen LogP contribution in [-0.2, 0) is 6.42 Å². The van der Waals surface area contributed by atoms with E-state index in [1.165, 1.54) is 0 Å². The highest BCUT2D eigenvalue weighted by Crippen LogP contribution is 2.22. The first-order chi connectivity index (χ1) is 8.15. The Hall–Kier alpha value is -0.840. The van der Waals surface area contributed by atoms with Gasteiger partial charge in [0.05, 0.1) is 15.1 Å². The molecule has 0 saturated carbocycles. The van der Waals surface area contributed by atoms with Gasteiger partial charge in [-0.05, 0) is 13.0 Å². The van der Waals surface area contributed by atoms with Crippen molar-refractivity contribution in [2.75, 3.05) is 11.9 Å². The normalized spacial score (nSPS) is 10.5. The third-order valence-corrected chi connectivity index (χ3v) is 3.63. The zero-order chi connectivity index (χ0) is 12.3. The second-order valence-electron chi connectivity index (χ2n) is 3.54. The van der Waals surface area contributed by atoms with Crippen LogP contribution in [0.2, 0.25) is 10.0 Å². The van der Waals surface area contributed by atoms with Crippen LogP contribution in [0.15, 0.2) is 17.6 Å². The van der Waals surface area contributed by atoms with Crippen LogP contribution in [-0.4, -0.2) is 16.5 Å². The molecule has 0 bridgehead atoms. The lowest BCUT2D eigenvalue weighted by atomic mass is 10.4. The lowest BCUT2D eigenvalue weighted by Gasteiger charge is -2.06. The summed E-state index contributed by atoms with van der Waals surface area (Å²) < 4.78 is 0. The van der Waals surface area contributed by atoms with Gasteiger partial charge in [-0.2, -0.15) is 0 Å². The molecule has 0 saturated heterocycles. The fourth-order valence-electron chi connectivity index (χ4n) is 1.35. The molecule has 2 aromatic heterocycles. The molecule has 0 spiro atoms.